The molecule has 1 aromatic heterocycles. The van der Waals surface area contributed by atoms with Crippen molar-refractivity contribution in [2.75, 3.05) is 13.1 Å². The van der Waals surface area contributed by atoms with Gasteiger partial charge >= 0.3 is 5.97 Å². The van der Waals surface area contributed by atoms with Crippen molar-refractivity contribution in [3.8, 4) is 0 Å². The summed E-state index contributed by atoms with van der Waals surface area (Å²) < 4.78 is 5.62. The van der Waals surface area contributed by atoms with Gasteiger partial charge in [-0.15, -0.1) is 0 Å². The fourth-order valence-corrected chi connectivity index (χ4v) is 2.76. The number of carboxylic acids is 1. The second-order valence-electron chi connectivity index (χ2n) is 6.35. The highest BCUT2D eigenvalue weighted by Gasteiger charge is 2.39. The van der Waals surface area contributed by atoms with E-state index in [0.29, 0.717) is 6.54 Å². The van der Waals surface area contributed by atoms with Gasteiger partial charge in [0, 0.05) is 6.54 Å². The smallest absolute Gasteiger partial charge is 0.309 e. The average molecular weight is 280 g/mol. The Morgan fingerprint density at radius 1 is 1.50 bits per heavy atom. The van der Waals surface area contributed by atoms with E-state index in [1.165, 1.54) is 0 Å². The lowest BCUT2D eigenvalue weighted by molar-refractivity contribution is -0.151. The van der Waals surface area contributed by atoms with Gasteiger partial charge in [-0.25, -0.2) is 4.98 Å². The standard InChI is InChI=1S/C15H24N2O3/c1-10-11(2)20-13(16-10)9-17-7-5-6-12(8-17)15(3,4)14(18)19/h12H,5-9H2,1-4H3,(H,18,19). The van der Waals surface area contributed by atoms with Crippen molar-refractivity contribution >= 4 is 5.97 Å². The lowest BCUT2D eigenvalue weighted by Gasteiger charge is -2.38. The Balaban J connectivity index is 2.02. The van der Waals surface area contributed by atoms with Crippen molar-refractivity contribution in [1.29, 1.82) is 0 Å². The minimum Gasteiger partial charge on any atom is -0.481 e. The van der Waals surface area contributed by atoms with Gasteiger partial charge in [0.25, 0.3) is 0 Å². The Bertz CT molecular complexity index is 474. The average Bonchev–Trinajstić information content (AvgIpc) is 2.68. The highest BCUT2D eigenvalue weighted by atomic mass is 16.4. The minimum absolute atomic E-state index is 0.172. The van der Waals surface area contributed by atoms with Crippen LogP contribution in [0.3, 0.4) is 0 Å². The van der Waals surface area contributed by atoms with E-state index in [1.54, 1.807) is 0 Å². The molecule has 20 heavy (non-hydrogen) atoms. The number of aryl methyl sites for hydroxylation is 2. The van der Waals surface area contributed by atoms with Crippen LogP contribution in [0.4, 0.5) is 0 Å². The summed E-state index contributed by atoms with van der Waals surface area (Å²) in [7, 11) is 0. The van der Waals surface area contributed by atoms with E-state index in [1.807, 2.05) is 27.7 Å². The number of aromatic nitrogens is 1. The van der Waals surface area contributed by atoms with E-state index < -0.39 is 11.4 Å². The molecule has 0 bridgehead atoms. The number of nitrogens with zero attached hydrogens (tertiary/aromatic N) is 2. The third kappa shape index (κ3) is 3.03. The molecule has 1 aliphatic heterocycles. The highest BCUT2D eigenvalue weighted by Crippen LogP contribution is 2.34. The van der Waals surface area contributed by atoms with Gasteiger partial charge in [0.05, 0.1) is 17.7 Å². The Labute approximate surface area is 120 Å². The van der Waals surface area contributed by atoms with E-state index in [-0.39, 0.29) is 5.92 Å². The molecule has 0 radical (unpaired) electrons. The summed E-state index contributed by atoms with van der Waals surface area (Å²) >= 11 is 0. The predicted molar refractivity (Wildman–Crippen MR) is 75.4 cm³/mol. The van der Waals surface area contributed by atoms with Crippen LogP contribution in [0.15, 0.2) is 4.42 Å². The van der Waals surface area contributed by atoms with E-state index in [9.17, 15) is 9.90 Å². The summed E-state index contributed by atoms with van der Waals surface area (Å²) in [6.45, 7) is 9.94. The van der Waals surface area contributed by atoms with E-state index in [2.05, 4.69) is 9.88 Å². The van der Waals surface area contributed by atoms with Crippen molar-refractivity contribution in [2.45, 2.75) is 47.1 Å². The maximum absolute atomic E-state index is 11.4. The zero-order chi connectivity index (χ0) is 14.9. The van der Waals surface area contributed by atoms with E-state index >= 15 is 0 Å². The maximum Gasteiger partial charge on any atom is 0.309 e. The summed E-state index contributed by atoms with van der Waals surface area (Å²) in [5, 5.41) is 9.36. The number of hydrogen-bond acceptors (Lipinski definition) is 4. The number of rotatable bonds is 4. The fourth-order valence-electron chi connectivity index (χ4n) is 2.76. The van der Waals surface area contributed by atoms with Crippen LogP contribution < -0.4 is 0 Å². The van der Waals surface area contributed by atoms with Crippen LogP contribution in [0.2, 0.25) is 0 Å². The van der Waals surface area contributed by atoms with Crippen molar-refractivity contribution in [3.63, 3.8) is 0 Å². The van der Waals surface area contributed by atoms with Gasteiger partial charge in [0.1, 0.15) is 5.76 Å². The van der Waals surface area contributed by atoms with Gasteiger partial charge in [-0.1, -0.05) is 0 Å². The maximum atomic E-state index is 11.4. The Morgan fingerprint density at radius 3 is 2.75 bits per heavy atom. The van der Waals surface area contributed by atoms with E-state index in [4.69, 9.17) is 4.42 Å². The highest BCUT2D eigenvalue weighted by molar-refractivity contribution is 5.74. The molecule has 0 aromatic carbocycles. The molecule has 112 valence electrons. The summed E-state index contributed by atoms with van der Waals surface area (Å²) in [6, 6.07) is 0. The summed E-state index contributed by atoms with van der Waals surface area (Å²) in [5.74, 6) is 1.05. The summed E-state index contributed by atoms with van der Waals surface area (Å²) in [6.07, 6.45) is 2.00. The van der Waals surface area contributed by atoms with Crippen LogP contribution in [-0.2, 0) is 11.3 Å². The third-order valence-corrected chi connectivity index (χ3v) is 4.51. The number of piperidine rings is 1. The number of hydrogen-bond donors (Lipinski definition) is 1. The molecule has 5 nitrogen and oxygen atoms in total. The molecule has 0 saturated carbocycles. The van der Waals surface area contributed by atoms with Crippen LogP contribution in [-0.4, -0.2) is 34.0 Å². The topological polar surface area (TPSA) is 66.6 Å². The van der Waals surface area contributed by atoms with Crippen LogP contribution in [0.5, 0.6) is 0 Å². The molecule has 2 heterocycles. The van der Waals surface area contributed by atoms with E-state index in [0.717, 1.165) is 43.3 Å². The zero-order valence-electron chi connectivity index (χ0n) is 12.8. The fraction of sp³-hybridized carbons (Fsp3) is 0.733. The lowest BCUT2D eigenvalue weighted by atomic mass is 9.74. The Kier molecular flexibility index (Phi) is 4.18. The van der Waals surface area contributed by atoms with Gasteiger partial charge < -0.3 is 9.52 Å². The van der Waals surface area contributed by atoms with Crippen molar-refractivity contribution in [1.82, 2.24) is 9.88 Å². The number of likely N-dealkylation sites (tertiary alicyclic amines) is 1. The number of carbonyl (C=O) groups is 1. The first-order valence-corrected chi connectivity index (χ1v) is 7.19. The molecule has 1 fully saturated rings. The Morgan fingerprint density at radius 2 is 2.20 bits per heavy atom. The van der Waals surface area contributed by atoms with Gasteiger partial charge in [-0.3, -0.25) is 9.69 Å². The molecule has 5 heteroatoms. The Hall–Kier alpha value is -1.36. The molecule has 1 aromatic rings. The van der Waals surface area contributed by atoms with Crippen LogP contribution >= 0.6 is 0 Å². The second kappa shape index (κ2) is 5.56. The minimum atomic E-state index is -0.716. The van der Waals surface area contributed by atoms with Crippen molar-refractivity contribution in [2.24, 2.45) is 11.3 Å². The zero-order valence-corrected chi connectivity index (χ0v) is 12.8. The number of carboxylic acid groups (broad SMARTS) is 1. The van der Waals surface area contributed by atoms with Gasteiger partial charge in [-0.2, -0.15) is 0 Å². The molecule has 1 N–H and O–H groups in total. The largest absolute Gasteiger partial charge is 0.481 e. The first kappa shape index (κ1) is 15.0. The normalized spacial score (nSPS) is 21.1. The van der Waals surface area contributed by atoms with Gasteiger partial charge in [0.15, 0.2) is 0 Å². The summed E-state index contributed by atoms with van der Waals surface area (Å²) in [5.41, 5.74) is 0.251. The van der Waals surface area contributed by atoms with Gasteiger partial charge in [0.2, 0.25) is 5.89 Å². The molecule has 1 saturated heterocycles. The van der Waals surface area contributed by atoms with Crippen LogP contribution in [0, 0.1) is 25.2 Å². The molecule has 0 spiro atoms. The molecule has 0 amide bonds. The van der Waals surface area contributed by atoms with Crippen LogP contribution in [0.1, 0.15) is 44.0 Å². The third-order valence-electron chi connectivity index (χ3n) is 4.51. The first-order valence-electron chi connectivity index (χ1n) is 7.19. The second-order valence-corrected chi connectivity index (χ2v) is 6.35. The molecule has 0 aliphatic carbocycles. The van der Waals surface area contributed by atoms with Crippen LogP contribution in [0.25, 0.3) is 0 Å². The van der Waals surface area contributed by atoms with Gasteiger partial charge in [-0.05, 0) is 53.0 Å². The molecular formula is C15H24N2O3. The molecule has 2 rings (SSSR count). The lowest BCUT2D eigenvalue weighted by Crippen LogP contribution is -2.44. The predicted octanol–water partition coefficient (Wildman–Crippen LogP) is 2.61. The van der Waals surface area contributed by atoms with Crippen molar-refractivity contribution in [3.05, 3.63) is 17.3 Å². The molecule has 1 atom stereocenters. The first-order chi connectivity index (χ1) is 9.30. The quantitative estimate of drug-likeness (QED) is 0.918. The summed E-state index contributed by atoms with van der Waals surface area (Å²) in [4.78, 5) is 18.0. The molecular weight excluding hydrogens is 256 g/mol. The number of aliphatic carboxylic acids is 1. The van der Waals surface area contributed by atoms with Crippen molar-refractivity contribution < 1.29 is 14.3 Å². The number of oxazole rings is 1. The monoisotopic (exact) mass is 280 g/mol. The molecule has 1 unspecified atom stereocenters. The SMILES string of the molecule is Cc1nc(CN2CCCC(C(C)(C)C(=O)O)C2)oc1C. The molecule has 1 aliphatic rings.